The molecular weight excluding hydrogens is 446 g/mol. The van der Waals surface area contributed by atoms with E-state index in [1.165, 1.54) is 18.2 Å². The maximum Gasteiger partial charge on any atom is 0.257 e. The minimum atomic E-state index is -3.77. The maximum absolute atomic E-state index is 13.0. The topological polar surface area (TPSA) is 116 Å². The summed E-state index contributed by atoms with van der Waals surface area (Å²) in [6.45, 7) is 2.10. The molecule has 1 atom stereocenters. The van der Waals surface area contributed by atoms with Crippen molar-refractivity contribution < 1.29 is 27.9 Å². The minimum absolute atomic E-state index is 0.0275. The molecule has 10 heteroatoms. The summed E-state index contributed by atoms with van der Waals surface area (Å²) in [5.74, 6) is -0.654. The molecule has 0 aromatic heterocycles. The van der Waals surface area contributed by atoms with Crippen LogP contribution in [0.25, 0.3) is 0 Å². The fourth-order valence-corrected chi connectivity index (χ4v) is 5.12. The quantitative estimate of drug-likeness (QED) is 0.656. The molecule has 176 valence electrons. The lowest BCUT2D eigenvalue weighted by Gasteiger charge is -2.35. The van der Waals surface area contributed by atoms with Gasteiger partial charge in [0.25, 0.3) is 11.8 Å². The molecule has 2 aromatic rings. The largest absolute Gasteiger partial charge is 0.507 e. The number of piperazine rings is 1. The molecule has 4 rings (SSSR count). The van der Waals surface area contributed by atoms with Gasteiger partial charge < -0.3 is 19.6 Å². The van der Waals surface area contributed by atoms with Crippen LogP contribution in [-0.4, -0.2) is 80.6 Å². The van der Waals surface area contributed by atoms with Gasteiger partial charge in [-0.25, -0.2) is 13.1 Å². The van der Waals surface area contributed by atoms with Gasteiger partial charge in [-0.15, -0.1) is 0 Å². The Morgan fingerprint density at radius 3 is 2.36 bits per heavy atom. The lowest BCUT2D eigenvalue weighted by atomic mass is 10.1. The van der Waals surface area contributed by atoms with Gasteiger partial charge in [0.2, 0.25) is 10.0 Å². The Kier molecular flexibility index (Phi) is 6.96. The van der Waals surface area contributed by atoms with Crippen LogP contribution >= 0.6 is 0 Å². The van der Waals surface area contributed by atoms with Gasteiger partial charge in [0, 0.05) is 44.9 Å². The van der Waals surface area contributed by atoms with E-state index in [4.69, 9.17) is 4.74 Å². The van der Waals surface area contributed by atoms with Crippen LogP contribution in [0.5, 0.6) is 5.75 Å². The van der Waals surface area contributed by atoms with Gasteiger partial charge in [0.05, 0.1) is 16.6 Å². The molecule has 0 bridgehead atoms. The van der Waals surface area contributed by atoms with E-state index in [2.05, 4.69) is 4.72 Å². The number of hydrogen-bond acceptors (Lipinski definition) is 6. The van der Waals surface area contributed by atoms with E-state index in [1.807, 2.05) is 0 Å². The smallest absolute Gasteiger partial charge is 0.257 e. The standard InChI is InChI=1S/C23H27N3O6S/c27-21-9-2-1-8-20(21)23(29)26-12-10-25(11-13-26)22(28)17-5-3-7-19(15-17)33(30,31)24-16-18-6-4-14-32-18/h1-3,5,7-9,15,18,24,27H,4,6,10-14,16H2. The lowest BCUT2D eigenvalue weighted by molar-refractivity contribution is 0.0533. The van der Waals surface area contributed by atoms with Crippen molar-refractivity contribution in [3.05, 3.63) is 59.7 Å². The summed E-state index contributed by atoms with van der Waals surface area (Å²) in [6.07, 6.45) is 1.61. The monoisotopic (exact) mass is 473 g/mol. The minimum Gasteiger partial charge on any atom is -0.507 e. The first-order valence-electron chi connectivity index (χ1n) is 10.9. The molecule has 9 nitrogen and oxygen atoms in total. The van der Waals surface area contributed by atoms with E-state index in [-0.39, 0.29) is 46.2 Å². The molecule has 2 heterocycles. The summed E-state index contributed by atoms with van der Waals surface area (Å²) >= 11 is 0. The Labute approximate surface area is 193 Å². The van der Waals surface area contributed by atoms with Crippen molar-refractivity contribution in [2.75, 3.05) is 39.3 Å². The molecule has 2 aromatic carbocycles. The van der Waals surface area contributed by atoms with Crippen molar-refractivity contribution in [2.45, 2.75) is 23.8 Å². The Morgan fingerprint density at radius 1 is 1.00 bits per heavy atom. The number of rotatable bonds is 6. The number of para-hydroxylation sites is 1. The molecule has 0 radical (unpaired) electrons. The van der Waals surface area contributed by atoms with Crippen molar-refractivity contribution in [1.29, 1.82) is 0 Å². The number of sulfonamides is 1. The molecule has 2 aliphatic rings. The number of nitrogens with one attached hydrogen (secondary N) is 1. The molecular formula is C23H27N3O6S. The van der Waals surface area contributed by atoms with E-state index in [1.54, 1.807) is 40.1 Å². The Balaban J connectivity index is 1.38. The predicted octanol–water partition coefficient (Wildman–Crippen LogP) is 1.45. The van der Waals surface area contributed by atoms with Crippen molar-refractivity contribution in [3.63, 3.8) is 0 Å². The number of carbonyl (C=O) groups is 2. The first-order valence-corrected chi connectivity index (χ1v) is 12.4. The van der Waals surface area contributed by atoms with Crippen molar-refractivity contribution >= 4 is 21.8 Å². The molecule has 33 heavy (non-hydrogen) atoms. The molecule has 2 fully saturated rings. The summed E-state index contributed by atoms with van der Waals surface area (Å²) < 4.78 is 33.3. The van der Waals surface area contributed by atoms with Gasteiger partial charge in [0.15, 0.2) is 0 Å². The Hall–Kier alpha value is -2.95. The number of benzene rings is 2. The molecule has 0 saturated carbocycles. The van der Waals surface area contributed by atoms with Crippen LogP contribution in [0, 0.1) is 0 Å². The zero-order valence-electron chi connectivity index (χ0n) is 18.1. The number of carbonyl (C=O) groups excluding carboxylic acids is 2. The van der Waals surface area contributed by atoms with Crippen LogP contribution in [-0.2, 0) is 14.8 Å². The Bertz CT molecular complexity index is 1120. The highest BCUT2D eigenvalue weighted by molar-refractivity contribution is 7.89. The van der Waals surface area contributed by atoms with Crippen LogP contribution in [0.15, 0.2) is 53.4 Å². The van der Waals surface area contributed by atoms with Gasteiger partial charge in [-0.2, -0.15) is 0 Å². The van der Waals surface area contributed by atoms with Gasteiger partial charge >= 0.3 is 0 Å². The third kappa shape index (κ3) is 5.35. The second-order valence-electron chi connectivity index (χ2n) is 8.12. The molecule has 2 N–H and O–H groups in total. The molecule has 0 aliphatic carbocycles. The van der Waals surface area contributed by atoms with Gasteiger partial charge in [-0.3, -0.25) is 9.59 Å². The third-order valence-corrected chi connectivity index (χ3v) is 7.33. The van der Waals surface area contributed by atoms with Gasteiger partial charge in [-0.05, 0) is 43.2 Å². The second kappa shape index (κ2) is 9.90. The number of phenols is 1. The number of hydrogen-bond donors (Lipinski definition) is 2. The summed E-state index contributed by atoms with van der Waals surface area (Å²) in [5, 5.41) is 9.92. The summed E-state index contributed by atoms with van der Waals surface area (Å²) in [4.78, 5) is 28.9. The van der Waals surface area contributed by atoms with E-state index in [0.29, 0.717) is 32.8 Å². The van der Waals surface area contributed by atoms with E-state index in [0.717, 1.165) is 12.8 Å². The van der Waals surface area contributed by atoms with E-state index < -0.39 is 10.0 Å². The molecule has 2 aliphatic heterocycles. The fraction of sp³-hybridized carbons (Fsp3) is 0.391. The van der Waals surface area contributed by atoms with Crippen LogP contribution in [0.1, 0.15) is 33.6 Å². The third-order valence-electron chi connectivity index (χ3n) is 5.90. The van der Waals surface area contributed by atoms with Crippen molar-refractivity contribution in [1.82, 2.24) is 14.5 Å². The van der Waals surface area contributed by atoms with Crippen LogP contribution in [0.4, 0.5) is 0 Å². The fourth-order valence-electron chi connectivity index (χ4n) is 4.01. The zero-order valence-corrected chi connectivity index (χ0v) is 19.0. The van der Waals surface area contributed by atoms with E-state index in [9.17, 15) is 23.1 Å². The number of amides is 2. The SMILES string of the molecule is O=C(c1cccc(S(=O)(=O)NCC2CCCO2)c1)N1CCN(C(=O)c2ccccc2O)CC1. The highest BCUT2D eigenvalue weighted by Crippen LogP contribution is 2.20. The number of phenolic OH excluding ortho intramolecular Hbond substituents is 1. The van der Waals surface area contributed by atoms with Crippen LogP contribution in [0.2, 0.25) is 0 Å². The number of nitrogens with zero attached hydrogens (tertiary/aromatic N) is 2. The Morgan fingerprint density at radius 2 is 1.70 bits per heavy atom. The maximum atomic E-state index is 13.0. The van der Waals surface area contributed by atoms with Crippen molar-refractivity contribution in [3.8, 4) is 5.75 Å². The highest BCUT2D eigenvalue weighted by atomic mass is 32.2. The molecule has 2 saturated heterocycles. The average Bonchev–Trinajstić information content (AvgIpc) is 3.36. The molecule has 1 unspecified atom stereocenters. The van der Waals surface area contributed by atoms with E-state index >= 15 is 0 Å². The highest BCUT2D eigenvalue weighted by Gasteiger charge is 2.27. The van der Waals surface area contributed by atoms with Crippen LogP contribution in [0.3, 0.4) is 0 Å². The summed E-state index contributed by atoms with van der Waals surface area (Å²) in [7, 11) is -3.77. The first kappa shape index (κ1) is 23.2. The summed E-state index contributed by atoms with van der Waals surface area (Å²) in [5.41, 5.74) is 0.501. The molecule has 0 spiro atoms. The predicted molar refractivity (Wildman–Crippen MR) is 121 cm³/mol. The van der Waals surface area contributed by atoms with Gasteiger partial charge in [-0.1, -0.05) is 18.2 Å². The zero-order chi connectivity index (χ0) is 23.4. The summed E-state index contributed by atoms with van der Waals surface area (Å²) in [6, 6.07) is 12.3. The van der Waals surface area contributed by atoms with Gasteiger partial charge in [0.1, 0.15) is 5.75 Å². The second-order valence-corrected chi connectivity index (χ2v) is 9.88. The van der Waals surface area contributed by atoms with Crippen LogP contribution < -0.4 is 4.72 Å². The lowest BCUT2D eigenvalue weighted by Crippen LogP contribution is -2.50. The number of ether oxygens (including phenoxy) is 1. The normalized spacial score (nSPS) is 19.0. The molecule has 2 amide bonds. The number of aromatic hydroxyl groups is 1. The van der Waals surface area contributed by atoms with Crippen molar-refractivity contribution in [2.24, 2.45) is 0 Å². The average molecular weight is 474 g/mol. The first-order chi connectivity index (χ1) is 15.8.